The van der Waals surface area contributed by atoms with Gasteiger partial charge in [-0.2, -0.15) is 0 Å². The number of rotatable bonds is 12. The van der Waals surface area contributed by atoms with Crippen LogP contribution in [0.2, 0.25) is 0 Å². The number of methoxy groups -OCH3 is 8. The first kappa shape index (κ1) is 42.9. The van der Waals surface area contributed by atoms with E-state index in [1.54, 1.807) is 56.9 Å². The molecule has 3 heterocycles. The molecule has 0 N–H and O–H groups in total. The van der Waals surface area contributed by atoms with Gasteiger partial charge in [-0.05, 0) is 114 Å². The smallest absolute Gasteiger partial charge is 0.320 e. The van der Waals surface area contributed by atoms with Gasteiger partial charge in [-0.3, -0.25) is 0 Å². The maximum Gasteiger partial charge on any atom is 0.320 e. The molecule has 4 aromatic rings. The van der Waals surface area contributed by atoms with E-state index in [4.69, 9.17) is 37.9 Å². The number of nitrogens with zero attached hydrogens (tertiary/aromatic N) is 4. The van der Waals surface area contributed by atoms with Crippen LogP contribution in [0.3, 0.4) is 0 Å². The van der Waals surface area contributed by atoms with Crippen molar-refractivity contribution in [1.29, 1.82) is 0 Å². The van der Waals surface area contributed by atoms with Crippen molar-refractivity contribution in [3.63, 3.8) is 0 Å². The molecule has 0 spiro atoms. The first-order valence-electron chi connectivity index (χ1n) is 20.7. The second-order valence-corrected chi connectivity index (χ2v) is 15.4. The molecule has 4 aromatic carbocycles. The summed E-state index contributed by atoms with van der Waals surface area (Å²) in [6.07, 6.45) is 3.06. The van der Waals surface area contributed by atoms with Crippen LogP contribution in [-0.4, -0.2) is 128 Å². The van der Waals surface area contributed by atoms with Crippen LogP contribution in [0.5, 0.6) is 46.0 Å². The fraction of sp³-hybridized carbons (Fsp3) is 0.447. The van der Waals surface area contributed by atoms with Gasteiger partial charge in [0.15, 0.2) is 46.0 Å². The van der Waals surface area contributed by atoms with Crippen molar-refractivity contribution >= 4 is 12.1 Å². The van der Waals surface area contributed by atoms with Gasteiger partial charge < -0.3 is 57.5 Å². The lowest BCUT2D eigenvalue weighted by Gasteiger charge is -2.41. The zero-order chi connectivity index (χ0) is 43.2. The van der Waals surface area contributed by atoms with Gasteiger partial charge in [0.1, 0.15) is 0 Å². The van der Waals surface area contributed by atoms with Crippen LogP contribution in [0.1, 0.15) is 51.9 Å². The Kier molecular flexibility index (Phi) is 13.4. The van der Waals surface area contributed by atoms with Crippen LogP contribution < -0.4 is 37.9 Å². The van der Waals surface area contributed by atoms with Gasteiger partial charge in [0.25, 0.3) is 0 Å². The highest BCUT2D eigenvalue weighted by molar-refractivity contribution is 5.78. The van der Waals surface area contributed by atoms with E-state index in [9.17, 15) is 9.59 Å². The fourth-order valence-electron chi connectivity index (χ4n) is 9.08. The highest BCUT2D eigenvalue weighted by atomic mass is 16.5. The number of carbonyl (C=O) groups excluding carboxylic acids is 2. The molecule has 326 valence electrons. The van der Waals surface area contributed by atoms with E-state index in [2.05, 4.69) is 0 Å². The molecule has 2 unspecified atom stereocenters. The van der Waals surface area contributed by atoms with E-state index in [1.807, 2.05) is 80.3 Å². The normalized spacial score (nSPS) is 17.4. The number of urea groups is 2. The number of carbonyl (C=O) groups is 2. The van der Waals surface area contributed by atoms with Crippen LogP contribution in [0, 0.1) is 0 Å². The zero-order valence-corrected chi connectivity index (χ0v) is 36.6. The van der Waals surface area contributed by atoms with E-state index < -0.39 is 0 Å². The van der Waals surface area contributed by atoms with Crippen LogP contribution in [-0.2, 0) is 25.7 Å². The molecule has 0 aliphatic carbocycles. The SMILES string of the molecule is COc1ccc(CC2c3cc(OC)c(OC)cc3CCN2C(=O)N2CCCN(C(=O)N3CCc4cc(OC)c(OC)cc4C3Cc3ccc(OC)c(OC)c3)CC2)cc1OC. The molecule has 7 rings (SSSR count). The molecule has 1 saturated heterocycles. The summed E-state index contributed by atoms with van der Waals surface area (Å²) < 4.78 is 45.1. The Morgan fingerprint density at radius 3 is 1.15 bits per heavy atom. The van der Waals surface area contributed by atoms with E-state index in [0.29, 0.717) is 117 Å². The minimum Gasteiger partial charge on any atom is -0.493 e. The van der Waals surface area contributed by atoms with Gasteiger partial charge in [-0.1, -0.05) is 12.1 Å². The number of fused-ring (bicyclic) bond motifs is 2. The average molecular weight is 839 g/mol. The number of benzene rings is 4. The van der Waals surface area contributed by atoms with Gasteiger partial charge >= 0.3 is 12.1 Å². The molecule has 14 nitrogen and oxygen atoms in total. The predicted molar refractivity (Wildman–Crippen MR) is 230 cm³/mol. The van der Waals surface area contributed by atoms with Crippen molar-refractivity contribution in [3.05, 3.63) is 94.0 Å². The van der Waals surface area contributed by atoms with Crippen LogP contribution in [0.25, 0.3) is 0 Å². The molecule has 2 atom stereocenters. The summed E-state index contributed by atoms with van der Waals surface area (Å²) in [5.41, 5.74) is 6.25. The van der Waals surface area contributed by atoms with Crippen LogP contribution in [0.4, 0.5) is 9.59 Å². The van der Waals surface area contributed by atoms with Crippen LogP contribution >= 0.6 is 0 Å². The molecule has 61 heavy (non-hydrogen) atoms. The van der Waals surface area contributed by atoms with E-state index in [-0.39, 0.29) is 24.1 Å². The maximum absolute atomic E-state index is 14.8. The Morgan fingerprint density at radius 2 is 0.787 bits per heavy atom. The van der Waals surface area contributed by atoms with Crippen LogP contribution in [0.15, 0.2) is 60.7 Å². The topological polar surface area (TPSA) is 121 Å². The van der Waals surface area contributed by atoms with Crippen molar-refractivity contribution in [2.45, 2.75) is 44.2 Å². The number of hydrogen-bond acceptors (Lipinski definition) is 10. The molecule has 1 fully saturated rings. The van der Waals surface area contributed by atoms with Crippen molar-refractivity contribution in [1.82, 2.24) is 19.6 Å². The first-order chi connectivity index (χ1) is 29.7. The second kappa shape index (κ2) is 19.0. The predicted octanol–water partition coefficient (Wildman–Crippen LogP) is 6.99. The van der Waals surface area contributed by atoms with E-state index in [1.165, 1.54) is 0 Å². The Bertz CT molecular complexity index is 2060. The molecule has 0 radical (unpaired) electrons. The standard InChI is InChI=1S/C47H58N4O10/c1-54-38-12-10-30(24-40(38)56-3)22-36-34-28-44(60-7)42(58-5)26-32(34)14-18-50(36)46(52)48-16-9-17-49(21-20-48)47(53)51-19-15-33-27-43(59-6)45(61-8)29-35(33)37(51)23-31-11-13-39(55-2)41(25-31)57-4/h10-13,24-29,36-37H,9,14-23H2,1-8H3. The summed E-state index contributed by atoms with van der Waals surface area (Å²) >= 11 is 0. The third-order valence-electron chi connectivity index (χ3n) is 12.3. The molecule has 0 bridgehead atoms. The number of amides is 4. The Balaban J connectivity index is 1.14. The molecule has 3 aliphatic heterocycles. The molecule has 14 heteroatoms. The zero-order valence-electron chi connectivity index (χ0n) is 36.6. The quantitative estimate of drug-likeness (QED) is 0.148. The summed E-state index contributed by atoms with van der Waals surface area (Å²) in [5.74, 6) is 5.06. The summed E-state index contributed by atoms with van der Waals surface area (Å²) in [5, 5.41) is 0. The number of hydrogen-bond donors (Lipinski definition) is 0. The lowest BCUT2D eigenvalue weighted by atomic mass is 9.88. The summed E-state index contributed by atoms with van der Waals surface area (Å²) in [7, 11) is 13.0. The Hall–Kier alpha value is -6.18. The highest BCUT2D eigenvalue weighted by Crippen LogP contribution is 2.43. The summed E-state index contributed by atoms with van der Waals surface area (Å²) in [4.78, 5) is 37.4. The van der Waals surface area contributed by atoms with Crippen molar-refractivity contribution < 1.29 is 47.5 Å². The van der Waals surface area contributed by atoms with Gasteiger partial charge in [-0.25, -0.2) is 9.59 Å². The second-order valence-electron chi connectivity index (χ2n) is 15.4. The fourth-order valence-corrected chi connectivity index (χ4v) is 9.08. The third-order valence-corrected chi connectivity index (χ3v) is 12.3. The average Bonchev–Trinajstić information content (AvgIpc) is 3.57. The monoisotopic (exact) mass is 838 g/mol. The van der Waals surface area contributed by atoms with Gasteiger partial charge in [0.2, 0.25) is 0 Å². The van der Waals surface area contributed by atoms with Crippen molar-refractivity contribution in [2.24, 2.45) is 0 Å². The van der Waals surface area contributed by atoms with Gasteiger partial charge in [-0.15, -0.1) is 0 Å². The molecular formula is C47H58N4O10. The summed E-state index contributed by atoms with van der Waals surface area (Å²) in [6.45, 7) is 2.90. The Morgan fingerprint density at radius 1 is 0.443 bits per heavy atom. The lowest BCUT2D eigenvalue weighted by molar-refractivity contribution is 0.121. The van der Waals surface area contributed by atoms with Crippen molar-refractivity contribution in [3.8, 4) is 46.0 Å². The number of ether oxygens (including phenoxy) is 8. The van der Waals surface area contributed by atoms with E-state index in [0.717, 1.165) is 33.4 Å². The largest absolute Gasteiger partial charge is 0.493 e. The molecule has 4 amide bonds. The van der Waals surface area contributed by atoms with Gasteiger partial charge in [0, 0.05) is 39.3 Å². The third kappa shape index (κ3) is 8.71. The molecule has 3 aliphatic rings. The molecule has 0 aromatic heterocycles. The first-order valence-corrected chi connectivity index (χ1v) is 20.7. The molecule has 0 saturated carbocycles. The van der Waals surface area contributed by atoms with E-state index >= 15 is 0 Å². The van der Waals surface area contributed by atoms with Gasteiger partial charge in [0.05, 0.1) is 69.0 Å². The maximum atomic E-state index is 14.8. The lowest BCUT2D eigenvalue weighted by Crippen LogP contribution is -2.51. The minimum absolute atomic E-state index is 0.0560. The minimum atomic E-state index is -0.295. The molecular weight excluding hydrogens is 781 g/mol. The summed E-state index contributed by atoms with van der Waals surface area (Å²) in [6, 6.07) is 19.1. The van der Waals surface area contributed by atoms with Crippen molar-refractivity contribution in [2.75, 3.05) is 96.1 Å². The highest BCUT2D eigenvalue weighted by Gasteiger charge is 2.38. The Labute approximate surface area is 358 Å².